The lowest BCUT2D eigenvalue weighted by Gasteiger charge is -2.26. The SMILES string of the molecule is Cc1cc(C(=O)N2CCCC2CC(C)O)c2cnn(C)c2n1. The highest BCUT2D eigenvalue weighted by atomic mass is 16.3. The topological polar surface area (TPSA) is 71.2 Å². The van der Waals surface area contributed by atoms with Gasteiger partial charge in [0, 0.05) is 25.3 Å². The average Bonchev–Trinajstić information content (AvgIpc) is 3.04. The van der Waals surface area contributed by atoms with E-state index in [0.29, 0.717) is 12.0 Å². The summed E-state index contributed by atoms with van der Waals surface area (Å²) < 4.78 is 1.69. The molecule has 1 saturated heterocycles. The molecule has 2 aromatic rings. The Kier molecular flexibility index (Phi) is 3.87. The van der Waals surface area contributed by atoms with Crippen molar-refractivity contribution in [1.82, 2.24) is 19.7 Å². The van der Waals surface area contributed by atoms with Gasteiger partial charge in [0.25, 0.3) is 5.91 Å². The minimum absolute atomic E-state index is 0.0200. The Labute approximate surface area is 129 Å². The number of hydrogen-bond acceptors (Lipinski definition) is 4. The number of aryl methyl sites for hydroxylation is 2. The molecule has 1 N–H and O–H groups in total. The number of aromatic nitrogens is 3. The van der Waals surface area contributed by atoms with Crippen LogP contribution in [0, 0.1) is 6.92 Å². The number of likely N-dealkylation sites (tertiary alicyclic amines) is 1. The van der Waals surface area contributed by atoms with Gasteiger partial charge in [0.15, 0.2) is 5.65 Å². The lowest BCUT2D eigenvalue weighted by atomic mass is 10.1. The number of rotatable bonds is 3. The molecular weight excluding hydrogens is 280 g/mol. The summed E-state index contributed by atoms with van der Waals surface area (Å²) in [5, 5.41) is 14.7. The number of carbonyl (C=O) groups excluding carboxylic acids is 1. The van der Waals surface area contributed by atoms with E-state index < -0.39 is 6.10 Å². The van der Waals surface area contributed by atoms with Gasteiger partial charge in [-0.1, -0.05) is 0 Å². The number of amides is 1. The first kappa shape index (κ1) is 15.0. The zero-order chi connectivity index (χ0) is 15.9. The Morgan fingerprint density at radius 1 is 1.55 bits per heavy atom. The summed E-state index contributed by atoms with van der Waals surface area (Å²) >= 11 is 0. The number of aliphatic hydroxyl groups is 1. The van der Waals surface area contributed by atoms with Crippen LogP contribution in [0.25, 0.3) is 11.0 Å². The van der Waals surface area contributed by atoms with Gasteiger partial charge in [-0.15, -0.1) is 0 Å². The second-order valence-electron chi connectivity index (χ2n) is 6.20. The van der Waals surface area contributed by atoms with Gasteiger partial charge in [-0.2, -0.15) is 5.10 Å². The molecule has 2 atom stereocenters. The number of pyridine rings is 1. The van der Waals surface area contributed by atoms with Gasteiger partial charge in [0.05, 0.1) is 23.3 Å². The quantitative estimate of drug-likeness (QED) is 0.936. The van der Waals surface area contributed by atoms with E-state index in [-0.39, 0.29) is 11.9 Å². The van der Waals surface area contributed by atoms with Crippen molar-refractivity contribution in [3.63, 3.8) is 0 Å². The Morgan fingerprint density at radius 2 is 2.32 bits per heavy atom. The zero-order valence-corrected chi connectivity index (χ0v) is 13.3. The van der Waals surface area contributed by atoms with Crippen LogP contribution in [0.4, 0.5) is 0 Å². The predicted octanol–water partition coefficient (Wildman–Crippen LogP) is 1.65. The molecule has 3 rings (SSSR count). The summed E-state index contributed by atoms with van der Waals surface area (Å²) in [5.74, 6) is 0.0200. The molecule has 1 amide bonds. The minimum Gasteiger partial charge on any atom is -0.393 e. The molecule has 0 spiro atoms. The maximum atomic E-state index is 13.0. The summed E-state index contributed by atoms with van der Waals surface area (Å²) in [5.41, 5.74) is 2.20. The van der Waals surface area contributed by atoms with Crippen LogP contribution in [-0.4, -0.2) is 49.4 Å². The Bertz CT molecular complexity index is 707. The van der Waals surface area contributed by atoms with Gasteiger partial charge in [0.1, 0.15) is 0 Å². The highest BCUT2D eigenvalue weighted by Gasteiger charge is 2.31. The number of nitrogens with zero attached hydrogens (tertiary/aromatic N) is 4. The van der Waals surface area contributed by atoms with E-state index in [1.54, 1.807) is 17.8 Å². The van der Waals surface area contributed by atoms with Crippen LogP contribution >= 0.6 is 0 Å². The molecule has 3 heterocycles. The van der Waals surface area contributed by atoms with Crippen LogP contribution in [0.2, 0.25) is 0 Å². The smallest absolute Gasteiger partial charge is 0.254 e. The summed E-state index contributed by atoms with van der Waals surface area (Å²) in [7, 11) is 1.83. The standard InChI is InChI=1S/C16H22N4O2/c1-10-7-13(14-9-17-19(3)15(14)18-10)16(22)20-6-4-5-12(20)8-11(2)21/h7,9,11-12,21H,4-6,8H2,1-3H3. The summed E-state index contributed by atoms with van der Waals surface area (Å²) in [6, 6.07) is 1.96. The number of fused-ring (bicyclic) bond motifs is 1. The van der Waals surface area contributed by atoms with Crippen molar-refractivity contribution in [1.29, 1.82) is 0 Å². The van der Waals surface area contributed by atoms with Crippen LogP contribution in [0.1, 0.15) is 42.2 Å². The summed E-state index contributed by atoms with van der Waals surface area (Å²) in [6.07, 6.45) is 3.89. The fraction of sp³-hybridized carbons (Fsp3) is 0.562. The molecule has 0 bridgehead atoms. The third-order valence-corrected chi connectivity index (χ3v) is 4.31. The molecule has 1 fully saturated rings. The highest BCUT2D eigenvalue weighted by Crippen LogP contribution is 2.26. The van der Waals surface area contributed by atoms with E-state index >= 15 is 0 Å². The maximum Gasteiger partial charge on any atom is 0.254 e. The lowest BCUT2D eigenvalue weighted by molar-refractivity contribution is 0.0684. The monoisotopic (exact) mass is 302 g/mol. The lowest BCUT2D eigenvalue weighted by Crippen LogP contribution is -2.37. The van der Waals surface area contributed by atoms with E-state index in [0.717, 1.165) is 36.1 Å². The van der Waals surface area contributed by atoms with E-state index in [2.05, 4.69) is 10.1 Å². The second kappa shape index (κ2) is 5.68. The molecule has 118 valence electrons. The van der Waals surface area contributed by atoms with Crippen LogP contribution in [0.5, 0.6) is 0 Å². The fourth-order valence-electron chi connectivity index (χ4n) is 3.31. The molecule has 1 aliphatic rings. The van der Waals surface area contributed by atoms with Crippen molar-refractivity contribution < 1.29 is 9.90 Å². The van der Waals surface area contributed by atoms with Gasteiger partial charge in [-0.25, -0.2) is 4.98 Å². The van der Waals surface area contributed by atoms with Crippen molar-refractivity contribution in [2.75, 3.05) is 6.54 Å². The third-order valence-electron chi connectivity index (χ3n) is 4.31. The number of carbonyl (C=O) groups is 1. The van der Waals surface area contributed by atoms with Crippen LogP contribution in [0.3, 0.4) is 0 Å². The van der Waals surface area contributed by atoms with Gasteiger partial charge in [0.2, 0.25) is 0 Å². The molecule has 6 nitrogen and oxygen atoms in total. The molecule has 0 aliphatic carbocycles. The predicted molar refractivity (Wildman–Crippen MR) is 83.6 cm³/mol. The highest BCUT2D eigenvalue weighted by molar-refractivity contribution is 6.05. The first-order valence-electron chi connectivity index (χ1n) is 7.75. The molecule has 1 aliphatic heterocycles. The first-order valence-corrected chi connectivity index (χ1v) is 7.75. The molecule has 0 radical (unpaired) electrons. The molecule has 0 aromatic carbocycles. The summed E-state index contributed by atoms with van der Waals surface area (Å²) in [4.78, 5) is 19.4. The maximum absolute atomic E-state index is 13.0. The van der Waals surface area contributed by atoms with E-state index in [9.17, 15) is 9.90 Å². The van der Waals surface area contributed by atoms with Crippen molar-refractivity contribution in [3.05, 3.63) is 23.5 Å². The van der Waals surface area contributed by atoms with E-state index in [1.165, 1.54) is 0 Å². The molecule has 2 aromatic heterocycles. The van der Waals surface area contributed by atoms with E-state index in [1.807, 2.05) is 24.9 Å². The van der Waals surface area contributed by atoms with Gasteiger partial charge < -0.3 is 10.0 Å². The second-order valence-corrected chi connectivity index (χ2v) is 6.20. The van der Waals surface area contributed by atoms with Crippen LogP contribution < -0.4 is 0 Å². The average molecular weight is 302 g/mol. The van der Waals surface area contributed by atoms with Crippen molar-refractivity contribution in [3.8, 4) is 0 Å². The van der Waals surface area contributed by atoms with Gasteiger partial charge in [-0.05, 0) is 39.2 Å². The van der Waals surface area contributed by atoms with Gasteiger partial charge in [-0.3, -0.25) is 9.48 Å². The number of hydrogen-bond donors (Lipinski definition) is 1. The van der Waals surface area contributed by atoms with Crippen molar-refractivity contribution >= 4 is 16.9 Å². The van der Waals surface area contributed by atoms with Crippen LogP contribution in [0.15, 0.2) is 12.3 Å². The van der Waals surface area contributed by atoms with E-state index in [4.69, 9.17) is 0 Å². The normalized spacial score (nSPS) is 19.8. The van der Waals surface area contributed by atoms with Gasteiger partial charge >= 0.3 is 0 Å². The largest absolute Gasteiger partial charge is 0.393 e. The molecule has 0 saturated carbocycles. The summed E-state index contributed by atoms with van der Waals surface area (Å²) in [6.45, 7) is 4.41. The third kappa shape index (κ3) is 2.59. The van der Waals surface area contributed by atoms with Crippen molar-refractivity contribution in [2.24, 2.45) is 7.05 Å². The Balaban J connectivity index is 1.98. The molecule has 6 heteroatoms. The van der Waals surface area contributed by atoms with Crippen molar-refractivity contribution in [2.45, 2.75) is 45.3 Å². The number of aliphatic hydroxyl groups excluding tert-OH is 1. The first-order chi connectivity index (χ1) is 10.5. The molecule has 2 unspecified atom stereocenters. The molecule has 22 heavy (non-hydrogen) atoms. The molecular formula is C16H22N4O2. The zero-order valence-electron chi connectivity index (χ0n) is 13.3. The fourth-order valence-corrected chi connectivity index (χ4v) is 3.31. The minimum atomic E-state index is -0.393. The van der Waals surface area contributed by atoms with Crippen LogP contribution in [-0.2, 0) is 7.05 Å². The Morgan fingerprint density at radius 3 is 3.05 bits per heavy atom. The Hall–Kier alpha value is -1.95.